The molecule has 0 unspecified atom stereocenters. The number of amides is 1. The van der Waals surface area contributed by atoms with Crippen molar-refractivity contribution in [2.75, 3.05) is 34.4 Å². The van der Waals surface area contributed by atoms with Crippen molar-refractivity contribution in [2.24, 2.45) is 0 Å². The van der Waals surface area contributed by atoms with Crippen molar-refractivity contribution in [3.8, 4) is 0 Å². The fraction of sp³-hybridized carbons (Fsp3) is 0.652. The predicted octanol–water partition coefficient (Wildman–Crippen LogP) is 2.85. The highest BCUT2D eigenvalue weighted by molar-refractivity contribution is 5.85. The van der Waals surface area contributed by atoms with E-state index in [1.807, 2.05) is 12.1 Å². The first-order valence-electron chi connectivity index (χ1n) is 10.5. The third-order valence-electron chi connectivity index (χ3n) is 5.39. The minimum Gasteiger partial charge on any atom is -0.451 e. The maximum absolute atomic E-state index is 14.0. The lowest BCUT2D eigenvalue weighted by Crippen LogP contribution is -2.45. The summed E-state index contributed by atoms with van der Waals surface area (Å²) in [6.45, 7) is 4.38. The summed E-state index contributed by atoms with van der Waals surface area (Å²) in [7, 11) is 4.82. The Morgan fingerprint density at radius 3 is 2.33 bits per heavy atom. The summed E-state index contributed by atoms with van der Waals surface area (Å²) in [5.41, 5.74) is 0.633. The summed E-state index contributed by atoms with van der Waals surface area (Å²) in [5, 5.41) is 2.79. The van der Waals surface area contributed by atoms with Gasteiger partial charge in [0.2, 0.25) is 0 Å². The number of hydrogen-bond donors (Lipinski definition) is 1. The Hall–Kier alpha value is -1.99. The summed E-state index contributed by atoms with van der Waals surface area (Å²) in [6, 6.07) is 7.29. The third-order valence-corrected chi connectivity index (χ3v) is 5.39. The van der Waals surface area contributed by atoms with Gasteiger partial charge in [-0.2, -0.15) is 0 Å². The molecule has 1 heterocycles. The van der Waals surface area contributed by atoms with Gasteiger partial charge >= 0.3 is 5.97 Å². The molecule has 2 rings (SSSR count). The monoisotopic (exact) mass is 422 g/mol. The van der Waals surface area contributed by atoms with E-state index >= 15 is 0 Å². The molecule has 0 aliphatic carbocycles. The zero-order valence-corrected chi connectivity index (χ0v) is 18.7. The third kappa shape index (κ3) is 7.36. The smallest absolute Gasteiger partial charge is 0.324 e. The maximum atomic E-state index is 14.0. The van der Waals surface area contributed by atoms with Crippen molar-refractivity contribution in [3.05, 3.63) is 35.4 Å². The van der Waals surface area contributed by atoms with Crippen LogP contribution in [0.25, 0.3) is 0 Å². The van der Waals surface area contributed by atoms with Crippen LogP contribution >= 0.6 is 0 Å². The average molecular weight is 423 g/mol. The van der Waals surface area contributed by atoms with Crippen LogP contribution in [0.3, 0.4) is 0 Å². The molecule has 1 aromatic carbocycles. The molecule has 1 amide bonds. The van der Waals surface area contributed by atoms with Crippen molar-refractivity contribution in [2.45, 2.75) is 63.3 Å². The zero-order valence-electron chi connectivity index (χ0n) is 18.7. The van der Waals surface area contributed by atoms with Gasteiger partial charge in [0.15, 0.2) is 6.10 Å². The van der Waals surface area contributed by atoms with Gasteiger partial charge in [-0.05, 0) is 50.8 Å². The predicted molar refractivity (Wildman–Crippen MR) is 114 cm³/mol. The molecule has 30 heavy (non-hydrogen) atoms. The second-order valence-electron chi connectivity index (χ2n) is 8.75. The molecule has 6 nitrogen and oxygen atoms in total. The normalized spacial score (nSPS) is 17.3. The highest BCUT2D eigenvalue weighted by atomic mass is 19.1. The number of ether oxygens (including phenoxy) is 2. The van der Waals surface area contributed by atoms with Crippen molar-refractivity contribution in [3.63, 3.8) is 0 Å². The van der Waals surface area contributed by atoms with Crippen molar-refractivity contribution in [1.82, 2.24) is 10.2 Å². The molecule has 1 saturated heterocycles. The number of benzene rings is 1. The Kier molecular flexibility index (Phi) is 8.79. The second-order valence-corrected chi connectivity index (χ2v) is 8.75. The van der Waals surface area contributed by atoms with Crippen molar-refractivity contribution >= 4 is 11.9 Å². The van der Waals surface area contributed by atoms with E-state index in [1.54, 1.807) is 21.1 Å². The lowest BCUT2D eigenvalue weighted by atomic mass is 9.90. The van der Waals surface area contributed by atoms with Crippen molar-refractivity contribution in [1.29, 1.82) is 0 Å². The Labute approximate surface area is 179 Å². The van der Waals surface area contributed by atoms with E-state index in [0.717, 1.165) is 31.6 Å². The molecule has 168 valence electrons. The van der Waals surface area contributed by atoms with Crippen LogP contribution in [0.5, 0.6) is 0 Å². The average Bonchev–Trinajstić information content (AvgIpc) is 2.71. The Morgan fingerprint density at radius 1 is 1.23 bits per heavy atom. The standard InChI is InChI=1S/C23H35FN2O4/c1-23(2,24)15-19(25-3)22(28)30-20(21(27)26(4)5)14-16-6-8-17(9-7-16)18-10-12-29-13-11-18/h6-9,18-20,25H,10-15H2,1-5H3/t19-,20+/m0/s1. The summed E-state index contributed by atoms with van der Waals surface area (Å²) >= 11 is 0. The molecular weight excluding hydrogens is 387 g/mol. The highest BCUT2D eigenvalue weighted by Crippen LogP contribution is 2.27. The highest BCUT2D eigenvalue weighted by Gasteiger charge is 2.32. The molecule has 0 spiro atoms. The quantitative estimate of drug-likeness (QED) is 0.620. The van der Waals surface area contributed by atoms with Gasteiger partial charge in [-0.3, -0.25) is 9.59 Å². The van der Waals surface area contributed by atoms with Crippen LogP contribution in [0.1, 0.15) is 50.2 Å². The van der Waals surface area contributed by atoms with E-state index in [9.17, 15) is 14.0 Å². The van der Waals surface area contributed by atoms with E-state index in [2.05, 4.69) is 17.4 Å². The largest absolute Gasteiger partial charge is 0.451 e. The minimum atomic E-state index is -1.53. The van der Waals surface area contributed by atoms with Crippen LogP contribution in [-0.2, 0) is 25.5 Å². The van der Waals surface area contributed by atoms with Gasteiger partial charge in [0.1, 0.15) is 11.7 Å². The molecule has 1 fully saturated rings. The first kappa shape index (κ1) is 24.3. The molecular formula is C23H35FN2O4. The lowest BCUT2D eigenvalue weighted by Gasteiger charge is -2.26. The molecule has 2 atom stereocenters. The van der Waals surface area contributed by atoms with E-state index < -0.39 is 23.8 Å². The van der Waals surface area contributed by atoms with Crippen LogP contribution in [-0.4, -0.2) is 68.9 Å². The number of hydrogen-bond acceptors (Lipinski definition) is 5. The number of likely N-dealkylation sites (N-methyl/N-ethyl adjacent to an activating group) is 2. The summed E-state index contributed by atoms with van der Waals surface area (Å²) in [4.78, 5) is 26.6. The van der Waals surface area contributed by atoms with Crippen LogP contribution in [0.15, 0.2) is 24.3 Å². The number of carbonyl (C=O) groups is 2. The van der Waals surface area contributed by atoms with Crippen LogP contribution in [0.4, 0.5) is 4.39 Å². The Bertz CT molecular complexity index is 694. The molecule has 0 aromatic heterocycles. The van der Waals surface area contributed by atoms with Crippen LogP contribution in [0, 0.1) is 0 Å². The number of esters is 1. The van der Waals surface area contributed by atoms with Crippen LogP contribution < -0.4 is 5.32 Å². The van der Waals surface area contributed by atoms with Gasteiger partial charge in [-0.15, -0.1) is 0 Å². The number of alkyl halides is 1. The van der Waals surface area contributed by atoms with Crippen molar-refractivity contribution < 1.29 is 23.5 Å². The molecule has 0 saturated carbocycles. The lowest BCUT2D eigenvalue weighted by molar-refractivity contribution is -0.161. The molecule has 1 aromatic rings. The number of halogens is 1. The molecule has 1 aliphatic rings. The molecule has 0 bridgehead atoms. The van der Waals surface area contributed by atoms with Gasteiger partial charge in [-0.25, -0.2) is 4.39 Å². The van der Waals surface area contributed by atoms with Gasteiger partial charge in [0, 0.05) is 40.2 Å². The Balaban J connectivity index is 2.09. The number of nitrogens with one attached hydrogen (secondary N) is 1. The maximum Gasteiger partial charge on any atom is 0.324 e. The van der Waals surface area contributed by atoms with E-state index in [-0.39, 0.29) is 18.7 Å². The SMILES string of the molecule is CN[C@@H](CC(C)(C)F)C(=O)O[C@H](Cc1ccc(C2CCOCC2)cc1)C(=O)N(C)C. The first-order chi connectivity index (χ1) is 14.1. The topological polar surface area (TPSA) is 67.9 Å². The van der Waals surface area contributed by atoms with Gasteiger partial charge < -0.3 is 19.7 Å². The second kappa shape index (κ2) is 10.9. The molecule has 1 aliphatic heterocycles. The first-order valence-corrected chi connectivity index (χ1v) is 10.5. The van der Waals surface area contributed by atoms with E-state index in [1.165, 1.54) is 24.3 Å². The minimum absolute atomic E-state index is 0.0367. The van der Waals surface area contributed by atoms with E-state index in [4.69, 9.17) is 9.47 Å². The molecule has 1 N–H and O–H groups in total. The fourth-order valence-electron chi connectivity index (χ4n) is 3.65. The summed E-state index contributed by atoms with van der Waals surface area (Å²) < 4.78 is 25.0. The number of rotatable bonds is 9. The van der Waals surface area contributed by atoms with E-state index in [0.29, 0.717) is 5.92 Å². The molecule has 0 radical (unpaired) electrons. The fourth-order valence-corrected chi connectivity index (χ4v) is 3.65. The summed E-state index contributed by atoms with van der Waals surface area (Å²) in [5.74, 6) is -0.432. The van der Waals surface area contributed by atoms with Gasteiger partial charge in [0.25, 0.3) is 5.91 Å². The zero-order chi connectivity index (χ0) is 22.3. The van der Waals surface area contributed by atoms with Gasteiger partial charge in [0.05, 0.1) is 0 Å². The van der Waals surface area contributed by atoms with Crippen LogP contribution in [0.2, 0.25) is 0 Å². The Morgan fingerprint density at radius 2 is 1.83 bits per heavy atom. The number of carbonyl (C=O) groups excluding carboxylic acids is 2. The van der Waals surface area contributed by atoms with Gasteiger partial charge in [-0.1, -0.05) is 24.3 Å². The number of nitrogens with zero attached hydrogens (tertiary/aromatic N) is 1. The summed E-state index contributed by atoms with van der Waals surface area (Å²) in [6.07, 6.45) is 1.29. The molecule has 7 heteroatoms.